The quantitative estimate of drug-likeness (QED) is 0.391. The first-order valence-electron chi connectivity index (χ1n) is 8.97. The SMILES string of the molecule is CC(C)=CCCC(=CCCC(C)=CCc1cc(O)ccc1C(=O)O)C(=O)O. The number of hydrogen-bond acceptors (Lipinski definition) is 3. The zero-order valence-corrected chi connectivity index (χ0v) is 16.2. The van der Waals surface area contributed by atoms with Crippen molar-refractivity contribution in [2.45, 2.75) is 52.9 Å². The fourth-order valence-corrected chi connectivity index (χ4v) is 2.63. The number of phenols is 1. The van der Waals surface area contributed by atoms with Crippen molar-refractivity contribution in [3.8, 4) is 5.75 Å². The Morgan fingerprint density at radius 2 is 1.63 bits per heavy atom. The highest BCUT2D eigenvalue weighted by atomic mass is 16.4. The summed E-state index contributed by atoms with van der Waals surface area (Å²) < 4.78 is 0. The van der Waals surface area contributed by atoms with Crippen LogP contribution in [0.25, 0.3) is 0 Å². The first-order valence-corrected chi connectivity index (χ1v) is 8.97. The Labute approximate surface area is 160 Å². The number of aromatic hydroxyl groups is 1. The molecule has 0 aliphatic rings. The number of aromatic carboxylic acids is 1. The molecule has 1 aromatic rings. The van der Waals surface area contributed by atoms with Crippen LogP contribution in [-0.2, 0) is 11.2 Å². The lowest BCUT2D eigenvalue weighted by atomic mass is 10.0. The van der Waals surface area contributed by atoms with Crippen LogP contribution in [0.4, 0.5) is 0 Å². The molecule has 0 aliphatic carbocycles. The molecule has 27 heavy (non-hydrogen) atoms. The van der Waals surface area contributed by atoms with Gasteiger partial charge in [-0.1, -0.05) is 29.4 Å². The Morgan fingerprint density at radius 3 is 2.22 bits per heavy atom. The summed E-state index contributed by atoms with van der Waals surface area (Å²) in [7, 11) is 0. The van der Waals surface area contributed by atoms with Crippen LogP contribution in [0.1, 0.15) is 62.4 Å². The average Bonchev–Trinajstić information content (AvgIpc) is 2.57. The number of carboxylic acids is 2. The molecule has 1 rings (SSSR count). The first kappa shape index (κ1) is 22.2. The van der Waals surface area contributed by atoms with Crippen LogP contribution >= 0.6 is 0 Å². The summed E-state index contributed by atoms with van der Waals surface area (Å²) >= 11 is 0. The van der Waals surface area contributed by atoms with Gasteiger partial charge in [-0.15, -0.1) is 0 Å². The fourth-order valence-electron chi connectivity index (χ4n) is 2.63. The van der Waals surface area contributed by atoms with E-state index in [1.807, 2.05) is 32.9 Å². The lowest BCUT2D eigenvalue weighted by Crippen LogP contribution is -2.01. The van der Waals surface area contributed by atoms with Gasteiger partial charge in [-0.25, -0.2) is 9.59 Å². The number of rotatable bonds is 10. The van der Waals surface area contributed by atoms with Gasteiger partial charge >= 0.3 is 11.9 Å². The largest absolute Gasteiger partial charge is 0.508 e. The summed E-state index contributed by atoms with van der Waals surface area (Å²) in [4.78, 5) is 22.6. The molecule has 3 N–H and O–H groups in total. The maximum absolute atomic E-state index is 11.3. The molecule has 0 fully saturated rings. The number of allylic oxidation sites excluding steroid dienone is 5. The van der Waals surface area contributed by atoms with Crippen molar-refractivity contribution in [3.63, 3.8) is 0 Å². The number of aliphatic carboxylic acids is 1. The van der Waals surface area contributed by atoms with Gasteiger partial charge in [-0.3, -0.25) is 0 Å². The van der Waals surface area contributed by atoms with Gasteiger partial charge in [0.1, 0.15) is 5.75 Å². The Morgan fingerprint density at radius 1 is 0.963 bits per heavy atom. The smallest absolute Gasteiger partial charge is 0.335 e. The fraction of sp³-hybridized carbons (Fsp3) is 0.364. The van der Waals surface area contributed by atoms with Gasteiger partial charge in [-0.05, 0) is 76.6 Å². The topological polar surface area (TPSA) is 94.8 Å². The van der Waals surface area contributed by atoms with Crippen LogP contribution in [0.3, 0.4) is 0 Å². The molecule has 0 amide bonds. The first-order chi connectivity index (χ1) is 12.7. The van der Waals surface area contributed by atoms with Gasteiger partial charge in [0.25, 0.3) is 0 Å². The number of benzene rings is 1. The van der Waals surface area contributed by atoms with Crippen LogP contribution in [0.2, 0.25) is 0 Å². The molecule has 0 aliphatic heterocycles. The van der Waals surface area contributed by atoms with Gasteiger partial charge in [-0.2, -0.15) is 0 Å². The molecule has 0 heterocycles. The monoisotopic (exact) mass is 372 g/mol. The van der Waals surface area contributed by atoms with Gasteiger partial charge < -0.3 is 15.3 Å². The normalized spacial score (nSPS) is 12.0. The van der Waals surface area contributed by atoms with Crippen LogP contribution in [-0.4, -0.2) is 27.3 Å². The molecule has 0 saturated carbocycles. The molecule has 0 bridgehead atoms. The summed E-state index contributed by atoms with van der Waals surface area (Å²) in [6.07, 6.45) is 8.63. The Kier molecular flexibility index (Phi) is 9.06. The van der Waals surface area contributed by atoms with Crippen LogP contribution in [0, 0.1) is 0 Å². The minimum atomic E-state index is -1.03. The van der Waals surface area contributed by atoms with Crippen molar-refractivity contribution in [2.75, 3.05) is 0 Å². The number of carboxylic acid groups (broad SMARTS) is 2. The summed E-state index contributed by atoms with van der Waals surface area (Å²) in [5, 5.41) is 28.1. The Balaban J connectivity index is 2.69. The van der Waals surface area contributed by atoms with Crippen molar-refractivity contribution >= 4 is 11.9 Å². The minimum Gasteiger partial charge on any atom is -0.508 e. The van der Waals surface area contributed by atoms with Crippen molar-refractivity contribution in [3.05, 3.63) is 64.3 Å². The Hall–Kier alpha value is -2.82. The second kappa shape index (κ2) is 11.0. The second-order valence-corrected chi connectivity index (χ2v) is 6.79. The molecule has 0 atom stereocenters. The van der Waals surface area contributed by atoms with E-state index in [1.165, 1.54) is 23.8 Å². The molecule has 0 spiro atoms. The predicted molar refractivity (Wildman–Crippen MR) is 106 cm³/mol. The predicted octanol–water partition coefficient (Wildman–Crippen LogP) is 5.12. The summed E-state index contributed by atoms with van der Waals surface area (Å²) in [5.41, 5.74) is 3.35. The van der Waals surface area contributed by atoms with Gasteiger partial charge in [0.05, 0.1) is 5.56 Å². The van der Waals surface area contributed by atoms with E-state index in [-0.39, 0.29) is 11.3 Å². The van der Waals surface area contributed by atoms with Crippen molar-refractivity contribution in [1.29, 1.82) is 0 Å². The Bertz CT molecular complexity index is 765. The molecule has 0 saturated heterocycles. The third kappa shape index (κ3) is 8.40. The van der Waals surface area contributed by atoms with Crippen molar-refractivity contribution in [1.82, 2.24) is 0 Å². The van der Waals surface area contributed by atoms with Crippen LogP contribution in [0.5, 0.6) is 5.75 Å². The van der Waals surface area contributed by atoms with E-state index in [1.54, 1.807) is 6.08 Å². The molecule has 0 radical (unpaired) electrons. The third-order valence-corrected chi connectivity index (χ3v) is 4.16. The molecule has 1 aromatic carbocycles. The number of hydrogen-bond donors (Lipinski definition) is 3. The third-order valence-electron chi connectivity index (χ3n) is 4.16. The van der Waals surface area contributed by atoms with E-state index >= 15 is 0 Å². The van der Waals surface area contributed by atoms with E-state index in [9.17, 15) is 24.9 Å². The van der Waals surface area contributed by atoms with E-state index in [0.29, 0.717) is 43.2 Å². The lowest BCUT2D eigenvalue weighted by Gasteiger charge is -2.06. The number of carbonyl (C=O) groups is 2. The van der Waals surface area contributed by atoms with Crippen LogP contribution in [0.15, 0.2) is 53.1 Å². The number of phenolic OH excluding ortho intramolecular Hbond substituents is 1. The van der Waals surface area contributed by atoms with E-state index < -0.39 is 11.9 Å². The van der Waals surface area contributed by atoms with E-state index in [4.69, 9.17) is 0 Å². The molecular weight excluding hydrogens is 344 g/mol. The molecule has 0 aromatic heterocycles. The van der Waals surface area contributed by atoms with Crippen LogP contribution < -0.4 is 0 Å². The molecule has 5 heteroatoms. The molecule has 5 nitrogen and oxygen atoms in total. The van der Waals surface area contributed by atoms with E-state index in [0.717, 1.165) is 5.57 Å². The second-order valence-electron chi connectivity index (χ2n) is 6.79. The zero-order chi connectivity index (χ0) is 20.4. The maximum Gasteiger partial charge on any atom is 0.335 e. The summed E-state index contributed by atoms with van der Waals surface area (Å²) in [6.45, 7) is 5.90. The van der Waals surface area contributed by atoms with Gasteiger partial charge in [0.15, 0.2) is 0 Å². The maximum atomic E-state index is 11.3. The van der Waals surface area contributed by atoms with E-state index in [2.05, 4.69) is 0 Å². The van der Waals surface area contributed by atoms with Crippen molar-refractivity contribution < 1.29 is 24.9 Å². The highest BCUT2D eigenvalue weighted by Gasteiger charge is 2.10. The van der Waals surface area contributed by atoms with Gasteiger partial charge in [0.2, 0.25) is 0 Å². The average molecular weight is 372 g/mol. The molecule has 0 unspecified atom stereocenters. The lowest BCUT2D eigenvalue weighted by molar-refractivity contribution is -0.132. The van der Waals surface area contributed by atoms with Gasteiger partial charge in [0, 0.05) is 5.57 Å². The summed E-state index contributed by atoms with van der Waals surface area (Å²) in [5.74, 6) is -1.88. The van der Waals surface area contributed by atoms with Crippen molar-refractivity contribution in [2.24, 2.45) is 0 Å². The molecular formula is C22H28O5. The minimum absolute atomic E-state index is 0.0338. The summed E-state index contributed by atoms with van der Waals surface area (Å²) in [6, 6.07) is 4.21. The zero-order valence-electron chi connectivity index (χ0n) is 16.2. The highest BCUT2D eigenvalue weighted by molar-refractivity contribution is 5.89. The molecule has 146 valence electrons. The highest BCUT2D eigenvalue weighted by Crippen LogP contribution is 2.19. The standard InChI is InChI=1S/C22H28O5/c1-15(2)6-4-8-17(21(24)25)9-5-7-16(3)10-11-18-14-19(23)12-13-20(18)22(26)27/h6,9-10,12-14,23H,4-5,7-8,11H2,1-3H3,(H,24,25)(H,26,27).